The highest BCUT2D eigenvalue weighted by Crippen LogP contribution is 2.21. The molecule has 1 fully saturated rings. The largest absolute Gasteiger partial charge is 0.464 e. The van der Waals surface area contributed by atoms with E-state index in [1.54, 1.807) is 37.1 Å². The van der Waals surface area contributed by atoms with Gasteiger partial charge in [-0.2, -0.15) is 0 Å². The summed E-state index contributed by atoms with van der Waals surface area (Å²) in [6, 6.07) is -0.845. The van der Waals surface area contributed by atoms with Crippen LogP contribution in [0.5, 0.6) is 0 Å². The van der Waals surface area contributed by atoms with Gasteiger partial charge in [-0.05, 0) is 27.7 Å². The van der Waals surface area contributed by atoms with Crippen LogP contribution >= 0.6 is 0 Å². The average Bonchev–Trinajstić information content (AvgIpc) is 2.52. The Hall–Kier alpha value is -1.82. The van der Waals surface area contributed by atoms with E-state index in [0.29, 0.717) is 12.3 Å². The number of nitrogens with zero attached hydrogens (tertiary/aromatic N) is 1. The minimum absolute atomic E-state index is 0.254. The van der Waals surface area contributed by atoms with Crippen LogP contribution in [0.3, 0.4) is 0 Å². The summed E-state index contributed by atoms with van der Waals surface area (Å²) in [7, 11) is 0. The van der Waals surface area contributed by atoms with Crippen LogP contribution in [0.2, 0.25) is 0 Å². The molecule has 2 unspecified atom stereocenters. The Kier molecular flexibility index (Phi) is 9.95. The summed E-state index contributed by atoms with van der Waals surface area (Å²) in [6.07, 6.45) is 4.58. The molecule has 1 heterocycles. The van der Waals surface area contributed by atoms with Crippen LogP contribution in [0.25, 0.3) is 0 Å². The Morgan fingerprint density at radius 3 is 2.36 bits per heavy atom. The van der Waals surface area contributed by atoms with Crippen molar-refractivity contribution in [2.24, 2.45) is 0 Å². The molecule has 1 N–H and O–H groups in total. The lowest BCUT2D eigenvalue weighted by Crippen LogP contribution is -2.62. The van der Waals surface area contributed by atoms with Crippen molar-refractivity contribution in [2.75, 3.05) is 13.2 Å². The van der Waals surface area contributed by atoms with Crippen molar-refractivity contribution < 1.29 is 19.1 Å². The summed E-state index contributed by atoms with van der Waals surface area (Å²) in [5, 5.41) is 2.64. The molecule has 0 aromatic carbocycles. The summed E-state index contributed by atoms with van der Waals surface area (Å²) >= 11 is 0. The number of amides is 1. The molecule has 1 saturated heterocycles. The monoisotopic (exact) mass is 312 g/mol. The predicted octanol–water partition coefficient (Wildman–Crippen LogP) is 2.18. The maximum absolute atomic E-state index is 12.1. The number of ether oxygens (including phenoxy) is 2. The number of carbonyl (C=O) groups is 2. The Morgan fingerprint density at radius 2 is 1.91 bits per heavy atom. The van der Waals surface area contributed by atoms with Gasteiger partial charge in [0.25, 0.3) is 5.91 Å². The number of hydrogen-bond donors (Lipinski definition) is 1. The zero-order valence-corrected chi connectivity index (χ0v) is 14.4. The predicted molar refractivity (Wildman–Crippen MR) is 85.7 cm³/mol. The van der Waals surface area contributed by atoms with Gasteiger partial charge in [0.2, 0.25) is 0 Å². The van der Waals surface area contributed by atoms with Crippen LogP contribution in [0.15, 0.2) is 24.0 Å². The number of nitrogens with one attached hydrogen (secondary N) is 1. The number of hydrogen-bond acceptors (Lipinski definition) is 5. The zero-order chi connectivity index (χ0) is 17.1. The Labute approximate surface area is 133 Å². The zero-order valence-electron chi connectivity index (χ0n) is 14.4. The van der Waals surface area contributed by atoms with E-state index in [-0.39, 0.29) is 12.5 Å². The number of carbonyl (C=O) groups excluding carboxylic acids is 2. The van der Waals surface area contributed by atoms with Crippen molar-refractivity contribution >= 4 is 11.9 Å². The van der Waals surface area contributed by atoms with E-state index >= 15 is 0 Å². The number of esters is 1. The first-order valence-electron chi connectivity index (χ1n) is 7.77. The topological polar surface area (TPSA) is 67.9 Å². The number of piperazine rings is 1. The second kappa shape index (κ2) is 10.8. The fourth-order valence-electron chi connectivity index (χ4n) is 2.06. The van der Waals surface area contributed by atoms with E-state index in [4.69, 9.17) is 9.47 Å². The molecule has 0 aliphatic carbocycles. The fourth-order valence-corrected chi connectivity index (χ4v) is 2.06. The molecule has 0 bridgehead atoms. The highest BCUT2D eigenvalue weighted by atomic mass is 16.5. The fraction of sp³-hybridized carbons (Fsp3) is 0.625. The van der Waals surface area contributed by atoms with E-state index in [9.17, 15) is 9.59 Å². The minimum atomic E-state index is -0.845. The van der Waals surface area contributed by atoms with Gasteiger partial charge in [0.15, 0.2) is 12.3 Å². The second-order valence-corrected chi connectivity index (χ2v) is 4.11. The molecule has 0 radical (unpaired) electrons. The van der Waals surface area contributed by atoms with E-state index in [1.807, 2.05) is 27.7 Å². The summed E-state index contributed by atoms with van der Waals surface area (Å²) in [6.45, 7) is 11.8. The smallest absolute Gasteiger partial charge is 0.333 e. The third-order valence-electron chi connectivity index (χ3n) is 2.82. The lowest BCUT2D eigenvalue weighted by Gasteiger charge is -2.40. The van der Waals surface area contributed by atoms with Gasteiger partial charge in [-0.1, -0.05) is 26.0 Å². The highest BCUT2D eigenvalue weighted by molar-refractivity contribution is 5.97. The molecule has 0 aromatic rings. The molecule has 1 amide bonds. The van der Waals surface area contributed by atoms with Gasteiger partial charge in [-0.15, -0.1) is 0 Å². The van der Waals surface area contributed by atoms with Crippen molar-refractivity contribution in [2.45, 2.75) is 53.8 Å². The lowest BCUT2D eigenvalue weighted by molar-refractivity contribution is -0.160. The van der Waals surface area contributed by atoms with Crippen LogP contribution < -0.4 is 5.32 Å². The molecule has 126 valence electrons. The Morgan fingerprint density at radius 1 is 1.27 bits per heavy atom. The molecular formula is C16H28N2O4. The molecule has 0 saturated carbocycles. The molecule has 0 spiro atoms. The number of rotatable bonds is 5. The van der Waals surface area contributed by atoms with Crippen molar-refractivity contribution in [3.05, 3.63) is 24.0 Å². The van der Waals surface area contributed by atoms with Crippen LogP contribution in [0.1, 0.15) is 41.5 Å². The maximum Gasteiger partial charge on any atom is 0.333 e. The molecule has 1 aliphatic rings. The molecule has 22 heavy (non-hydrogen) atoms. The number of allylic oxidation sites excluding steroid dienone is 2. The highest BCUT2D eigenvalue weighted by Gasteiger charge is 2.42. The maximum atomic E-state index is 12.1. The van der Waals surface area contributed by atoms with Crippen molar-refractivity contribution in [1.29, 1.82) is 0 Å². The molecule has 1 aliphatic heterocycles. The van der Waals surface area contributed by atoms with Crippen molar-refractivity contribution in [1.82, 2.24) is 10.2 Å². The van der Waals surface area contributed by atoms with Gasteiger partial charge in [0.1, 0.15) is 5.70 Å². The van der Waals surface area contributed by atoms with E-state index < -0.39 is 18.2 Å². The van der Waals surface area contributed by atoms with Crippen LogP contribution in [0, 0.1) is 0 Å². The SMILES string of the molecule is C/C=C\N1/C(=C\C)C(=O)NC(C(=O)OCC)C1OCC.CC. The quantitative estimate of drug-likeness (QED) is 0.622. The van der Waals surface area contributed by atoms with Gasteiger partial charge in [0, 0.05) is 12.8 Å². The summed E-state index contributed by atoms with van der Waals surface area (Å²) in [5.74, 6) is -0.816. The van der Waals surface area contributed by atoms with E-state index in [2.05, 4.69) is 5.32 Å². The van der Waals surface area contributed by atoms with Gasteiger partial charge in [-0.3, -0.25) is 4.79 Å². The van der Waals surface area contributed by atoms with Crippen molar-refractivity contribution in [3.63, 3.8) is 0 Å². The Bertz CT molecular complexity index is 418. The van der Waals surface area contributed by atoms with Gasteiger partial charge in [-0.25, -0.2) is 4.79 Å². The molecule has 2 atom stereocenters. The molecule has 6 heteroatoms. The van der Waals surface area contributed by atoms with Gasteiger partial charge < -0.3 is 19.7 Å². The first-order chi connectivity index (χ1) is 10.6. The summed E-state index contributed by atoms with van der Waals surface area (Å²) in [5.41, 5.74) is 0.446. The second-order valence-electron chi connectivity index (χ2n) is 4.11. The van der Waals surface area contributed by atoms with Gasteiger partial charge >= 0.3 is 5.97 Å². The summed E-state index contributed by atoms with van der Waals surface area (Å²) < 4.78 is 10.6. The average molecular weight is 312 g/mol. The van der Waals surface area contributed by atoms with Crippen molar-refractivity contribution in [3.8, 4) is 0 Å². The Balaban J connectivity index is 0.00000211. The van der Waals surface area contributed by atoms with Crippen LogP contribution in [-0.4, -0.2) is 42.3 Å². The minimum Gasteiger partial charge on any atom is -0.464 e. The molecule has 1 rings (SSSR count). The first kappa shape index (κ1) is 20.2. The third kappa shape index (κ3) is 4.87. The standard InChI is InChI=1S/C14H22N2O4.C2H6/c1-5-9-16-10(6-2)12(17)15-11(13(16)19-7-3)14(18)20-8-4;1-2/h5-6,9,11,13H,7-8H2,1-4H3,(H,15,17);1-2H3/b9-5-,10-6-;. The first-order valence-corrected chi connectivity index (χ1v) is 7.77. The van der Waals surface area contributed by atoms with E-state index in [1.165, 1.54) is 0 Å². The summed E-state index contributed by atoms with van der Waals surface area (Å²) in [4.78, 5) is 25.7. The van der Waals surface area contributed by atoms with Gasteiger partial charge in [0.05, 0.1) is 6.61 Å². The lowest BCUT2D eigenvalue weighted by atomic mass is 10.1. The van der Waals surface area contributed by atoms with E-state index in [0.717, 1.165) is 0 Å². The molecule has 0 aromatic heterocycles. The van der Waals surface area contributed by atoms with Crippen LogP contribution in [-0.2, 0) is 19.1 Å². The molecular weight excluding hydrogens is 284 g/mol. The third-order valence-corrected chi connectivity index (χ3v) is 2.82. The molecule has 6 nitrogen and oxygen atoms in total. The normalized spacial score (nSPS) is 23.1. The van der Waals surface area contributed by atoms with Crippen LogP contribution in [0.4, 0.5) is 0 Å².